The molecule has 108 valence electrons. The minimum atomic E-state index is -4.98. The normalized spacial score (nSPS) is 22.9. The molecular weight excluding hydrogens is 388 g/mol. The SMILES string of the molecule is CC1=NN(C(=O)c2ccc(I)cc2)[C@](O)(C(F)(F)F)C1. The molecule has 1 aromatic rings. The van der Waals surface area contributed by atoms with Gasteiger partial charge in [-0.1, -0.05) is 0 Å². The highest BCUT2D eigenvalue weighted by Gasteiger charge is 2.62. The summed E-state index contributed by atoms with van der Waals surface area (Å²) < 4.78 is 39.8. The predicted octanol–water partition coefficient (Wildman–Crippen LogP) is 2.76. The van der Waals surface area contributed by atoms with Crippen LogP contribution in [-0.4, -0.2) is 33.6 Å². The zero-order valence-corrected chi connectivity index (χ0v) is 12.4. The molecule has 1 aromatic carbocycles. The van der Waals surface area contributed by atoms with Gasteiger partial charge in [0.15, 0.2) is 0 Å². The number of hydrazone groups is 1. The molecule has 8 heteroatoms. The van der Waals surface area contributed by atoms with Crippen molar-refractivity contribution in [3.63, 3.8) is 0 Å². The number of carbonyl (C=O) groups excluding carboxylic acids is 1. The fraction of sp³-hybridized carbons (Fsp3) is 0.333. The molecule has 0 saturated carbocycles. The van der Waals surface area contributed by atoms with Gasteiger partial charge in [0, 0.05) is 21.3 Å². The van der Waals surface area contributed by atoms with Crippen LogP contribution in [0.3, 0.4) is 0 Å². The maximum absolute atomic E-state index is 13.0. The second kappa shape index (κ2) is 4.99. The molecule has 1 atom stereocenters. The van der Waals surface area contributed by atoms with Crippen molar-refractivity contribution in [2.45, 2.75) is 25.2 Å². The summed E-state index contributed by atoms with van der Waals surface area (Å²) in [7, 11) is 0. The Kier molecular flexibility index (Phi) is 3.80. The van der Waals surface area contributed by atoms with Gasteiger partial charge in [-0.05, 0) is 53.8 Å². The van der Waals surface area contributed by atoms with Crippen LogP contribution < -0.4 is 0 Å². The highest BCUT2D eigenvalue weighted by molar-refractivity contribution is 14.1. The lowest BCUT2D eigenvalue weighted by Gasteiger charge is -2.32. The lowest BCUT2D eigenvalue weighted by Crippen LogP contribution is -2.56. The number of rotatable bonds is 1. The molecule has 1 aliphatic heterocycles. The topological polar surface area (TPSA) is 52.9 Å². The van der Waals surface area contributed by atoms with E-state index in [4.69, 9.17) is 0 Å². The van der Waals surface area contributed by atoms with Gasteiger partial charge >= 0.3 is 6.18 Å². The van der Waals surface area contributed by atoms with Crippen molar-refractivity contribution in [3.8, 4) is 0 Å². The maximum atomic E-state index is 13.0. The molecule has 0 spiro atoms. The average molecular weight is 398 g/mol. The molecule has 0 bridgehead atoms. The molecule has 0 radical (unpaired) electrons. The molecule has 4 nitrogen and oxygen atoms in total. The number of benzene rings is 1. The van der Waals surface area contributed by atoms with Crippen LogP contribution in [0, 0.1) is 3.57 Å². The first kappa shape index (κ1) is 15.2. The van der Waals surface area contributed by atoms with Crippen LogP contribution in [0.4, 0.5) is 13.2 Å². The van der Waals surface area contributed by atoms with Gasteiger partial charge in [-0.15, -0.1) is 0 Å². The van der Waals surface area contributed by atoms with Gasteiger partial charge in [0.25, 0.3) is 11.6 Å². The van der Waals surface area contributed by atoms with Gasteiger partial charge in [-0.2, -0.15) is 23.3 Å². The van der Waals surface area contributed by atoms with E-state index in [1.807, 2.05) is 22.6 Å². The summed E-state index contributed by atoms with van der Waals surface area (Å²) in [6.45, 7) is 1.33. The van der Waals surface area contributed by atoms with E-state index in [0.717, 1.165) is 3.57 Å². The Morgan fingerprint density at radius 1 is 1.40 bits per heavy atom. The second-order valence-corrected chi connectivity index (χ2v) is 5.70. The highest BCUT2D eigenvalue weighted by atomic mass is 127. The molecule has 1 heterocycles. The van der Waals surface area contributed by atoms with Gasteiger partial charge in [-0.25, -0.2) is 0 Å². The van der Waals surface area contributed by atoms with E-state index in [1.54, 1.807) is 12.1 Å². The van der Waals surface area contributed by atoms with Gasteiger partial charge < -0.3 is 5.11 Å². The molecule has 0 unspecified atom stereocenters. The number of nitrogens with zero attached hydrogens (tertiary/aromatic N) is 2. The molecule has 1 aliphatic rings. The van der Waals surface area contributed by atoms with Crippen LogP contribution in [0.2, 0.25) is 0 Å². The first-order valence-corrected chi connectivity index (χ1v) is 6.66. The minimum Gasteiger partial charge on any atom is -0.362 e. The van der Waals surface area contributed by atoms with Crippen molar-refractivity contribution in [2.75, 3.05) is 0 Å². The fourth-order valence-corrected chi connectivity index (χ4v) is 2.23. The third kappa shape index (κ3) is 2.53. The summed E-state index contributed by atoms with van der Waals surface area (Å²) in [5.41, 5.74) is -3.20. The number of hydrogen-bond donors (Lipinski definition) is 1. The molecular formula is C12H10F3IN2O2. The van der Waals surface area contributed by atoms with Crippen molar-refractivity contribution in [1.29, 1.82) is 0 Å². The predicted molar refractivity (Wildman–Crippen MR) is 74.1 cm³/mol. The summed E-state index contributed by atoms with van der Waals surface area (Å²) in [5.74, 6) is -0.988. The van der Waals surface area contributed by atoms with Crippen LogP contribution >= 0.6 is 22.6 Å². The fourth-order valence-electron chi connectivity index (χ4n) is 1.87. The number of alkyl halides is 3. The van der Waals surface area contributed by atoms with E-state index in [2.05, 4.69) is 5.10 Å². The van der Waals surface area contributed by atoms with Crippen molar-refractivity contribution >= 4 is 34.2 Å². The summed E-state index contributed by atoms with van der Waals surface area (Å²) in [6, 6.07) is 5.97. The number of hydrogen-bond acceptors (Lipinski definition) is 3. The monoisotopic (exact) mass is 398 g/mol. The smallest absolute Gasteiger partial charge is 0.362 e. The zero-order valence-electron chi connectivity index (χ0n) is 10.3. The van der Waals surface area contributed by atoms with Gasteiger partial charge in [0.1, 0.15) is 0 Å². The van der Waals surface area contributed by atoms with E-state index in [-0.39, 0.29) is 16.3 Å². The van der Waals surface area contributed by atoms with E-state index in [0.29, 0.717) is 0 Å². The van der Waals surface area contributed by atoms with Crippen molar-refractivity contribution in [1.82, 2.24) is 5.01 Å². The van der Waals surface area contributed by atoms with Gasteiger partial charge in [0.2, 0.25) is 0 Å². The highest BCUT2D eigenvalue weighted by Crippen LogP contribution is 2.40. The van der Waals surface area contributed by atoms with Crippen LogP contribution in [0.1, 0.15) is 23.7 Å². The Morgan fingerprint density at radius 2 is 1.95 bits per heavy atom. The number of amides is 1. The summed E-state index contributed by atoms with van der Waals surface area (Å²) in [5, 5.41) is 13.5. The molecule has 0 saturated heterocycles. The Bertz CT molecular complexity index is 571. The molecule has 2 rings (SSSR count). The van der Waals surface area contributed by atoms with E-state index >= 15 is 0 Å². The summed E-state index contributed by atoms with van der Waals surface area (Å²) in [4.78, 5) is 12.1. The van der Waals surface area contributed by atoms with Crippen LogP contribution in [-0.2, 0) is 0 Å². The third-order valence-electron chi connectivity index (χ3n) is 2.86. The first-order chi connectivity index (χ1) is 9.15. The van der Waals surface area contributed by atoms with Gasteiger partial charge in [-0.3, -0.25) is 4.79 Å². The molecule has 20 heavy (non-hydrogen) atoms. The van der Waals surface area contributed by atoms with Crippen molar-refractivity contribution in [3.05, 3.63) is 33.4 Å². The van der Waals surface area contributed by atoms with Crippen molar-refractivity contribution in [2.24, 2.45) is 5.10 Å². The molecule has 1 amide bonds. The van der Waals surface area contributed by atoms with E-state index < -0.39 is 24.2 Å². The molecule has 0 fully saturated rings. The Morgan fingerprint density at radius 3 is 2.45 bits per heavy atom. The lowest BCUT2D eigenvalue weighted by molar-refractivity contribution is -0.297. The average Bonchev–Trinajstić information content (AvgIpc) is 2.65. The molecule has 1 N–H and O–H groups in total. The Labute approximate surface area is 126 Å². The van der Waals surface area contributed by atoms with Crippen molar-refractivity contribution < 1.29 is 23.1 Å². The Hall–Kier alpha value is -1.16. The quantitative estimate of drug-likeness (QED) is 0.740. The Balaban J connectivity index is 2.39. The van der Waals surface area contributed by atoms with E-state index in [1.165, 1.54) is 19.1 Å². The van der Waals surface area contributed by atoms with Crippen LogP contribution in [0.25, 0.3) is 0 Å². The zero-order chi connectivity index (χ0) is 15.1. The first-order valence-electron chi connectivity index (χ1n) is 5.58. The summed E-state index contributed by atoms with van der Waals surface area (Å²) in [6.07, 6.45) is -5.72. The third-order valence-corrected chi connectivity index (χ3v) is 3.58. The number of aliphatic hydroxyl groups is 1. The number of halogens is 4. The maximum Gasteiger partial charge on any atom is 0.438 e. The van der Waals surface area contributed by atoms with Crippen LogP contribution in [0.15, 0.2) is 29.4 Å². The largest absolute Gasteiger partial charge is 0.438 e. The second-order valence-electron chi connectivity index (χ2n) is 4.45. The van der Waals surface area contributed by atoms with Gasteiger partial charge in [0.05, 0.1) is 0 Å². The lowest BCUT2D eigenvalue weighted by atomic mass is 10.1. The summed E-state index contributed by atoms with van der Waals surface area (Å²) >= 11 is 2.01. The standard InChI is InChI=1S/C12H10F3IN2O2/c1-7-6-11(20,12(13,14)15)18(17-7)10(19)8-2-4-9(16)5-3-8/h2-5,20H,6H2,1H3/t11-/m1/s1. The van der Waals surface area contributed by atoms with E-state index in [9.17, 15) is 23.1 Å². The number of carbonyl (C=O) groups is 1. The molecule has 0 aromatic heterocycles. The van der Waals surface area contributed by atoms with Crippen LogP contribution in [0.5, 0.6) is 0 Å². The minimum absolute atomic E-state index is 0.0338. The molecule has 0 aliphatic carbocycles.